The molecule has 0 saturated carbocycles. The van der Waals surface area contributed by atoms with E-state index >= 15 is 0 Å². The van der Waals surface area contributed by atoms with Gasteiger partial charge >= 0.3 is 12.4 Å². The van der Waals surface area contributed by atoms with Crippen LogP contribution in [-0.4, -0.2) is 9.13 Å². The van der Waals surface area contributed by atoms with Crippen molar-refractivity contribution in [1.29, 1.82) is 0 Å². The Labute approximate surface area is 309 Å². The summed E-state index contributed by atoms with van der Waals surface area (Å²) in [7, 11) is 0. The van der Waals surface area contributed by atoms with Gasteiger partial charge in [-0.3, -0.25) is 0 Å². The lowest BCUT2D eigenvalue weighted by Gasteiger charge is -2.21. The van der Waals surface area contributed by atoms with Crippen molar-refractivity contribution in [3.63, 3.8) is 0 Å². The minimum Gasteiger partial charge on any atom is -0.309 e. The van der Waals surface area contributed by atoms with Crippen LogP contribution in [0.4, 0.5) is 26.3 Å². The van der Waals surface area contributed by atoms with Crippen LogP contribution in [0.5, 0.6) is 0 Å². The van der Waals surface area contributed by atoms with Gasteiger partial charge in [-0.15, -0.1) is 0 Å². The predicted octanol–water partition coefficient (Wildman–Crippen LogP) is 14.2. The third-order valence-corrected chi connectivity index (χ3v) is 10.4. The zero-order valence-electron chi connectivity index (χ0n) is 30.7. The van der Waals surface area contributed by atoms with Gasteiger partial charge in [0.2, 0.25) is 0 Å². The highest BCUT2D eigenvalue weighted by molar-refractivity contribution is 6.10. The molecule has 8 heteroatoms. The number of halogens is 6. The lowest BCUT2D eigenvalue weighted by atomic mass is 9.86. The Kier molecular flexibility index (Phi) is 7.90. The zero-order valence-corrected chi connectivity index (χ0v) is 30.7. The van der Waals surface area contributed by atoms with E-state index in [1.165, 1.54) is 0 Å². The number of aromatic nitrogens is 2. The van der Waals surface area contributed by atoms with Gasteiger partial charge in [0.05, 0.1) is 33.2 Å². The first kappa shape index (κ1) is 35.5. The Morgan fingerprint density at radius 2 is 0.704 bits per heavy atom. The van der Waals surface area contributed by atoms with Gasteiger partial charge in [-0.2, -0.15) is 26.3 Å². The molecule has 2 nitrogen and oxygen atoms in total. The Bertz CT molecular complexity index is 2570. The smallest absolute Gasteiger partial charge is 0.309 e. The Hall–Kier alpha value is -5.50. The van der Waals surface area contributed by atoms with Gasteiger partial charge in [-0.1, -0.05) is 102 Å². The third-order valence-electron chi connectivity index (χ3n) is 10.4. The van der Waals surface area contributed by atoms with Crippen LogP contribution < -0.4 is 0 Å². The molecule has 0 aliphatic heterocycles. The second-order valence-corrected chi connectivity index (χ2v) is 16.2. The molecule has 2 heterocycles. The predicted molar refractivity (Wildman–Crippen MR) is 208 cm³/mol. The maximum absolute atomic E-state index is 14.8. The van der Waals surface area contributed by atoms with Gasteiger partial charge in [-0.25, -0.2) is 0 Å². The molecular formula is C46H38F6N2. The number of benzene rings is 6. The van der Waals surface area contributed by atoms with E-state index in [2.05, 4.69) is 41.5 Å². The molecule has 0 radical (unpaired) electrons. The summed E-state index contributed by atoms with van der Waals surface area (Å²) in [6.07, 6.45) is -9.55. The number of para-hydroxylation sites is 2. The maximum Gasteiger partial charge on any atom is 0.416 e. The molecule has 0 saturated heterocycles. The summed E-state index contributed by atoms with van der Waals surface area (Å²) in [5.74, 6) is 0. The van der Waals surface area contributed by atoms with Crippen molar-refractivity contribution in [3.05, 3.63) is 144 Å². The van der Waals surface area contributed by atoms with E-state index in [0.717, 1.165) is 56.9 Å². The van der Waals surface area contributed by atoms with Gasteiger partial charge in [-0.05, 0) is 93.7 Å². The molecule has 0 bridgehead atoms. The Balaban J connectivity index is 1.44. The fraction of sp³-hybridized carbons (Fsp3) is 0.217. The zero-order chi connectivity index (χ0) is 38.5. The van der Waals surface area contributed by atoms with E-state index in [4.69, 9.17) is 0 Å². The second-order valence-electron chi connectivity index (χ2n) is 16.2. The molecule has 0 aliphatic rings. The van der Waals surface area contributed by atoms with Crippen molar-refractivity contribution in [2.75, 3.05) is 0 Å². The van der Waals surface area contributed by atoms with E-state index in [1.54, 1.807) is 21.3 Å². The van der Waals surface area contributed by atoms with Crippen LogP contribution in [0.15, 0.2) is 121 Å². The highest BCUT2D eigenvalue weighted by Crippen LogP contribution is 2.43. The number of nitrogens with zero attached hydrogens (tertiary/aromatic N) is 2. The highest BCUT2D eigenvalue weighted by atomic mass is 19.4. The summed E-state index contributed by atoms with van der Waals surface area (Å²) in [6, 6.07) is 34.1. The molecule has 274 valence electrons. The summed E-state index contributed by atoms with van der Waals surface area (Å²) in [4.78, 5) is 0. The number of hydrogen-bond donors (Lipinski definition) is 0. The molecular weight excluding hydrogens is 695 g/mol. The summed E-state index contributed by atoms with van der Waals surface area (Å²) in [5, 5.41) is 3.43. The quantitative estimate of drug-likeness (QED) is 0.160. The highest BCUT2D eigenvalue weighted by Gasteiger charge is 2.34. The van der Waals surface area contributed by atoms with Crippen molar-refractivity contribution in [3.8, 4) is 22.5 Å². The summed E-state index contributed by atoms with van der Waals surface area (Å²) >= 11 is 0. The number of hydrogen-bond acceptors (Lipinski definition) is 0. The van der Waals surface area contributed by atoms with Gasteiger partial charge in [0, 0.05) is 32.9 Å². The molecule has 0 unspecified atom stereocenters. The normalized spacial score (nSPS) is 13.2. The van der Waals surface area contributed by atoms with E-state index in [9.17, 15) is 26.3 Å². The van der Waals surface area contributed by atoms with E-state index < -0.39 is 23.5 Å². The second kappa shape index (κ2) is 12.0. The monoisotopic (exact) mass is 732 g/mol. The lowest BCUT2D eigenvalue weighted by Crippen LogP contribution is -2.11. The molecule has 8 rings (SSSR count). The molecule has 6 aromatic carbocycles. The Morgan fingerprint density at radius 3 is 1.06 bits per heavy atom. The maximum atomic E-state index is 14.8. The standard InChI is InChI=1S/C46H38F6N2/c1-43(2,3)29-15-17-37-35-11-7-9-13-39(35)53(41(37)25-29)33-21-27(19-31(23-33)45(47,48)49)28-20-32(46(50,51)52)24-34(22-28)54-40-14-10-8-12-36(40)38-18-16-30(26-42(38)54)44(4,5)6/h7-26H,1-6H3. The van der Waals surface area contributed by atoms with Crippen LogP contribution in [-0.2, 0) is 23.2 Å². The summed E-state index contributed by atoms with van der Waals surface area (Å²) < 4.78 is 92.5. The molecule has 0 fully saturated rings. The SMILES string of the molecule is CC(C)(C)c1ccc2c3ccccc3n(-c3cc(-c4cc(-n5c6ccccc6c6ccc(C(C)(C)C)cc65)cc(C(F)(F)F)c4)cc(C(F)(F)F)c3)c2c1. The van der Waals surface area contributed by atoms with Crippen LogP contribution in [0.3, 0.4) is 0 Å². The Morgan fingerprint density at radius 1 is 0.352 bits per heavy atom. The molecule has 0 aliphatic carbocycles. The largest absolute Gasteiger partial charge is 0.416 e. The lowest BCUT2D eigenvalue weighted by molar-refractivity contribution is -0.138. The summed E-state index contributed by atoms with van der Waals surface area (Å²) in [5.41, 5.74) is 2.79. The fourth-order valence-electron chi connectivity index (χ4n) is 7.57. The minimum absolute atomic E-state index is 0.0150. The first-order valence-electron chi connectivity index (χ1n) is 17.8. The van der Waals surface area contributed by atoms with Gasteiger partial charge in [0.1, 0.15) is 0 Å². The molecule has 2 aromatic heterocycles. The van der Waals surface area contributed by atoms with Crippen LogP contribution in [0, 0.1) is 0 Å². The molecule has 8 aromatic rings. The van der Waals surface area contributed by atoms with Gasteiger partial charge in [0.25, 0.3) is 0 Å². The number of alkyl halides is 6. The van der Waals surface area contributed by atoms with Gasteiger partial charge in [0.15, 0.2) is 0 Å². The third kappa shape index (κ3) is 6.02. The van der Waals surface area contributed by atoms with Crippen molar-refractivity contribution >= 4 is 43.6 Å². The molecule has 54 heavy (non-hydrogen) atoms. The topological polar surface area (TPSA) is 9.86 Å². The first-order chi connectivity index (χ1) is 25.3. The summed E-state index contributed by atoms with van der Waals surface area (Å²) in [6.45, 7) is 12.4. The van der Waals surface area contributed by atoms with Crippen LogP contribution in [0.2, 0.25) is 0 Å². The van der Waals surface area contributed by atoms with Crippen LogP contribution in [0.1, 0.15) is 63.8 Å². The van der Waals surface area contributed by atoms with Crippen LogP contribution >= 0.6 is 0 Å². The first-order valence-corrected chi connectivity index (χ1v) is 17.8. The van der Waals surface area contributed by atoms with Crippen molar-refractivity contribution < 1.29 is 26.3 Å². The molecule has 0 N–H and O–H groups in total. The number of fused-ring (bicyclic) bond motifs is 6. The van der Waals surface area contributed by atoms with Crippen molar-refractivity contribution in [2.24, 2.45) is 0 Å². The van der Waals surface area contributed by atoms with E-state index in [-0.39, 0.29) is 33.3 Å². The van der Waals surface area contributed by atoms with Crippen LogP contribution in [0.25, 0.3) is 66.1 Å². The van der Waals surface area contributed by atoms with E-state index in [1.807, 2.05) is 84.9 Å². The molecule has 0 atom stereocenters. The molecule has 0 spiro atoms. The van der Waals surface area contributed by atoms with Gasteiger partial charge < -0.3 is 9.13 Å². The average Bonchev–Trinajstić information content (AvgIpc) is 3.62. The van der Waals surface area contributed by atoms with E-state index in [0.29, 0.717) is 22.1 Å². The van der Waals surface area contributed by atoms with Crippen molar-refractivity contribution in [1.82, 2.24) is 9.13 Å². The minimum atomic E-state index is -4.78. The fourth-order valence-corrected chi connectivity index (χ4v) is 7.57. The number of rotatable bonds is 3. The average molecular weight is 733 g/mol. The molecule has 0 amide bonds. The van der Waals surface area contributed by atoms with Crippen molar-refractivity contribution in [2.45, 2.75) is 64.7 Å².